The summed E-state index contributed by atoms with van der Waals surface area (Å²) in [4.78, 5) is 0. The summed E-state index contributed by atoms with van der Waals surface area (Å²) in [7, 11) is 0. The summed E-state index contributed by atoms with van der Waals surface area (Å²) in [5.74, 6) is 3.34. The maximum absolute atomic E-state index is 6.00. The fourth-order valence-electron chi connectivity index (χ4n) is 3.32. The van der Waals surface area contributed by atoms with Crippen molar-refractivity contribution in [3.63, 3.8) is 0 Å². The van der Waals surface area contributed by atoms with Crippen molar-refractivity contribution in [1.82, 2.24) is 0 Å². The number of benzene rings is 2. The molecular formula is C25H28O4. The minimum Gasteiger partial charge on any atom is -0.493 e. The van der Waals surface area contributed by atoms with Gasteiger partial charge >= 0.3 is 0 Å². The molecule has 0 aliphatic carbocycles. The number of hydrogen-bond acceptors (Lipinski definition) is 4. The average molecular weight is 392 g/mol. The van der Waals surface area contributed by atoms with Crippen LogP contribution in [-0.4, -0.2) is 24.4 Å². The minimum atomic E-state index is -0.289. The first-order chi connectivity index (χ1) is 13.8. The summed E-state index contributed by atoms with van der Waals surface area (Å²) in [6.07, 6.45) is 9.10. The summed E-state index contributed by atoms with van der Waals surface area (Å²) < 4.78 is 23.8. The Morgan fingerprint density at radius 1 is 0.690 bits per heavy atom. The normalized spacial score (nSPS) is 17.5. The van der Waals surface area contributed by atoms with Gasteiger partial charge in [-0.2, -0.15) is 0 Å². The van der Waals surface area contributed by atoms with E-state index in [-0.39, 0.29) is 11.2 Å². The molecule has 0 radical (unpaired) electrons. The lowest BCUT2D eigenvalue weighted by Gasteiger charge is -2.28. The molecule has 2 aromatic carbocycles. The average Bonchev–Trinajstić information content (AvgIpc) is 2.65. The quantitative estimate of drug-likeness (QED) is 0.573. The maximum atomic E-state index is 6.00. The van der Waals surface area contributed by atoms with Gasteiger partial charge < -0.3 is 18.9 Å². The lowest BCUT2D eigenvalue weighted by Crippen LogP contribution is -2.27. The van der Waals surface area contributed by atoms with Gasteiger partial charge in [-0.25, -0.2) is 0 Å². The van der Waals surface area contributed by atoms with Crippen LogP contribution in [-0.2, 0) is 0 Å². The third kappa shape index (κ3) is 4.76. The van der Waals surface area contributed by atoms with E-state index in [0.717, 1.165) is 40.5 Å². The maximum Gasteiger partial charge on any atom is 0.131 e. The van der Waals surface area contributed by atoms with Crippen molar-refractivity contribution in [3.05, 3.63) is 59.7 Å². The second-order valence-electron chi connectivity index (χ2n) is 8.53. The Morgan fingerprint density at radius 2 is 1.14 bits per heavy atom. The minimum absolute atomic E-state index is 0.289. The molecule has 2 aliphatic heterocycles. The van der Waals surface area contributed by atoms with Crippen LogP contribution in [0.1, 0.15) is 45.2 Å². The Morgan fingerprint density at radius 3 is 1.59 bits per heavy atom. The van der Waals surface area contributed by atoms with Crippen molar-refractivity contribution in [2.24, 2.45) is 0 Å². The molecule has 29 heavy (non-hydrogen) atoms. The van der Waals surface area contributed by atoms with Crippen LogP contribution in [0.5, 0.6) is 23.0 Å². The summed E-state index contributed by atoms with van der Waals surface area (Å²) in [5.41, 5.74) is 1.58. The van der Waals surface area contributed by atoms with Crippen molar-refractivity contribution in [3.8, 4) is 23.0 Å². The van der Waals surface area contributed by atoms with E-state index < -0.39 is 0 Å². The Labute approximate surface area is 172 Å². The molecule has 0 saturated heterocycles. The topological polar surface area (TPSA) is 36.9 Å². The van der Waals surface area contributed by atoms with Crippen LogP contribution in [0.2, 0.25) is 0 Å². The Hall–Kier alpha value is -2.88. The Bertz CT molecular complexity index is 876. The molecule has 2 heterocycles. The van der Waals surface area contributed by atoms with Gasteiger partial charge in [0.15, 0.2) is 0 Å². The van der Waals surface area contributed by atoms with E-state index in [1.54, 1.807) is 0 Å². The molecule has 0 amide bonds. The zero-order valence-corrected chi connectivity index (χ0v) is 17.5. The SMILES string of the molecule is CC1(C)C=Cc2ccc(OCCCOc3ccc4c(c3)OC(C)(C)C=C4)cc2O1. The first-order valence-corrected chi connectivity index (χ1v) is 10.1. The molecule has 4 rings (SSSR count). The standard InChI is InChI=1S/C25H28O4/c1-24(2)12-10-18-6-8-20(16-22(18)28-24)26-14-5-15-27-21-9-7-19-11-13-25(3,4)29-23(19)17-21/h6-13,16-17H,5,14-15H2,1-4H3. The van der Waals surface area contributed by atoms with E-state index in [4.69, 9.17) is 18.9 Å². The van der Waals surface area contributed by atoms with Gasteiger partial charge in [0.25, 0.3) is 0 Å². The fourth-order valence-corrected chi connectivity index (χ4v) is 3.32. The van der Waals surface area contributed by atoms with Crippen molar-refractivity contribution in [2.75, 3.05) is 13.2 Å². The Kier molecular flexibility index (Phi) is 5.03. The van der Waals surface area contributed by atoms with Crippen molar-refractivity contribution >= 4 is 12.2 Å². The van der Waals surface area contributed by atoms with E-state index in [1.807, 2.05) is 64.1 Å². The number of hydrogen-bond donors (Lipinski definition) is 0. The highest BCUT2D eigenvalue weighted by Crippen LogP contribution is 2.35. The summed E-state index contributed by atoms with van der Waals surface area (Å²) in [5, 5.41) is 0. The highest BCUT2D eigenvalue weighted by Gasteiger charge is 2.22. The third-order valence-electron chi connectivity index (χ3n) is 4.87. The van der Waals surface area contributed by atoms with E-state index in [0.29, 0.717) is 13.2 Å². The smallest absolute Gasteiger partial charge is 0.131 e. The number of rotatable bonds is 6. The molecule has 0 fully saturated rings. The van der Waals surface area contributed by atoms with Crippen LogP contribution in [0.4, 0.5) is 0 Å². The molecule has 0 bridgehead atoms. The van der Waals surface area contributed by atoms with Gasteiger partial charge in [0.2, 0.25) is 0 Å². The summed E-state index contributed by atoms with van der Waals surface area (Å²) >= 11 is 0. The molecule has 0 aromatic heterocycles. The molecule has 0 unspecified atom stereocenters. The highest BCUT2D eigenvalue weighted by atomic mass is 16.5. The number of ether oxygens (including phenoxy) is 4. The molecule has 0 spiro atoms. The van der Waals surface area contributed by atoms with Crippen LogP contribution in [0.3, 0.4) is 0 Å². The molecule has 152 valence electrons. The van der Waals surface area contributed by atoms with Gasteiger partial charge in [0.05, 0.1) is 13.2 Å². The first-order valence-electron chi connectivity index (χ1n) is 10.1. The molecule has 4 heteroatoms. The van der Waals surface area contributed by atoms with Crippen molar-refractivity contribution in [1.29, 1.82) is 0 Å². The van der Waals surface area contributed by atoms with E-state index in [1.165, 1.54) is 0 Å². The van der Waals surface area contributed by atoms with Crippen molar-refractivity contribution < 1.29 is 18.9 Å². The lowest BCUT2D eigenvalue weighted by atomic mass is 10.0. The van der Waals surface area contributed by atoms with Gasteiger partial charge in [-0.3, -0.25) is 0 Å². The largest absolute Gasteiger partial charge is 0.493 e. The molecule has 4 nitrogen and oxygen atoms in total. The van der Waals surface area contributed by atoms with Crippen LogP contribution in [0.25, 0.3) is 12.2 Å². The number of fused-ring (bicyclic) bond motifs is 2. The molecule has 2 aliphatic rings. The monoisotopic (exact) mass is 392 g/mol. The molecule has 0 saturated carbocycles. The predicted molar refractivity (Wildman–Crippen MR) is 116 cm³/mol. The van der Waals surface area contributed by atoms with Crippen molar-refractivity contribution in [2.45, 2.75) is 45.3 Å². The van der Waals surface area contributed by atoms with Gasteiger partial charge in [0.1, 0.15) is 34.2 Å². The van der Waals surface area contributed by atoms with E-state index >= 15 is 0 Å². The molecule has 0 N–H and O–H groups in total. The second kappa shape index (κ2) is 7.51. The molecule has 2 aromatic rings. The summed E-state index contributed by atoms with van der Waals surface area (Å²) in [6, 6.07) is 11.9. The molecular weight excluding hydrogens is 364 g/mol. The zero-order chi connectivity index (χ0) is 20.5. The van der Waals surface area contributed by atoms with Gasteiger partial charge in [-0.05, 0) is 64.1 Å². The summed E-state index contributed by atoms with van der Waals surface area (Å²) in [6.45, 7) is 9.33. The Balaban J connectivity index is 1.26. The third-order valence-corrected chi connectivity index (χ3v) is 4.87. The fraction of sp³-hybridized carbons (Fsp3) is 0.360. The predicted octanol–water partition coefficient (Wildman–Crippen LogP) is 5.90. The lowest BCUT2D eigenvalue weighted by molar-refractivity contribution is 0.158. The van der Waals surface area contributed by atoms with Gasteiger partial charge in [-0.1, -0.05) is 12.2 Å². The zero-order valence-electron chi connectivity index (χ0n) is 17.5. The molecule has 0 atom stereocenters. The van der Waals surface area contributed by atoms with Gasteiger partial charge in [0, 0.05) is 29.7 Å². The van der Waals surface area contributed by atoms with Crippen LogP contribution >= 0.6 is 0 Å². The van der Waals surface area contributed by atoms with Crippen LogP contribution in [0, 0.1) is 0 Å². The van der Waals surface area contributed by atoms with Crippen LogP contribution < -0.4 is 18.9 Å². The second-order valence-corrected chi connectivity index (χ2v) is 8.53. The van der Waals surface area contributed by atoms with Gasteiger partial charge in [-0.15, -0.1) is 0 Å². The van der Waals surface area contributed by atoms with Crippen LogP contribution in [0.15, 0.2) is 48.6 Å². The highest BCUT2D eigenvalue weighted by molar-refractivity contribution is 5.63. The van der Waals surface area contributed by atoms with E-state index in [2.05, 4.69) is 24.3 Å². The van der Waals surface area contributed by atoms with E-state index in [9.17, 15) is 0 Å². The first kappa shape index (κ1) is 19.4.